The lowest BCUT2D eigenvalue weighted by Gasteiger charge is -2.30. The van der Waals surface area contributed by atoms with Crippen LogP contribution in [0.1, 0.15) is 17.0 Å². The summed E-state index contributed by atoms with van der Waals surface area (Å²) in [6.45, 7) is -0.151. The van der Waals surface area contributed by atoms with Crippen molar-refractivity contribution in [2.75, 3.05) is 18.9 Å². The van der Waals surface area contributed by atoms with Gasteiger partial charge in [0.15, 0.2) is 0 Å². The highest BCUT2D eigenvalue weighted by molar-refractivity contribution is 6.39. The second kappa shape index (κ2) is 8.38. The van der Waals surface area contributed by atoms with Gasteiger partial charge >= 0.3 is 0 Å². The topological polar surface area (TPSA) is 58.6 Å². The number of rotatable bonds is 4. The van der Waals surface area contributed by atoms with Crippen molar-refractivity contribution in [1.29, 1.82) is 0 Å². The summed E-state index contributed by atoms with van der Waals surface area (Å²) in [4.78, 5) is 27.3. The molecule has 4 rings (SSSR count). The highest BCUT2D eigenvalue weighted by atomic mass is 35.5. The molecule has 1 aliphatic heterocycles. The largest absolute Gasteiger partial charge is 0.457 e. The molecule has 152 valence electrons. The van der Waals surface area contributed by atoms with Crippen LogP contribution in [0.3, 0.4) is 0 Å². The average molecular weight is 441 g/mol. The normalized spacial score (nSPS) is 12.4. The van der Waals surface area contributed by atoms with E-state index in [0.29, 0.717) is 27.2 Å². The first-order valence-corrected chi connectivity index (χ1v) is 10.1. The van der Waals surface area contributed by atoms with Gasteiger partial charge in [0.25, 0.3) is 0 Å². The fraction of sp³-hybridized carbons (Fsp3) is 0.130. The Labute approximate surface area is 184 Å². The Morgan fingerprint density at radius 1 is 0.900 bits per heavy atom. The smallest absolute Gasteiger partial charge is 0.244 e. The highest BCUT2D eigenvalue weighted by Gasteiger charge is 2.34. The molecule has 3 aromatic carbocycles. The number of ether oxygens (including phenoxy) is 1. The molecule has 0 unspecified atom stereocenters. The molecule has 0 fully saturated rings. The first kappa shape index (κ1) is 20.3. The number of carbonyl (C=O) groups excluding carboxylic acids is 2. The van der Waals surface area contributed by atoms with Crippen molar-refractivity contribution < 1.29 is 14.3 Å². The minimum absolute atomic E-state index is 0.151. The van der Waals surface area contributed by atoms with Crippen LogP contribution in [0.2, 0.25) is 10.0 Å². The second-order valence-corrected chi connectivity index (χ2v) is 7.76. The van der Waals surface area contributed by atoms with Crippen LogP contribution in [0.15, 0.2) is 66.7 Å². The number of nitrogens with one attached hydrogen (secondary N) is 1. The molecule has 0 spiro atoms. The van der Waals surface area contributed by atoms with Crippen LogP contribution >= 0.6 is 23.2 Å². The van der Waals surface area contributed by atoms with Gasteiger partial charge in [-0.3, -0.25) is 9.59 Å². The summed E-state index contributed by atoms with van der Waals surface area (Å²) in [5.74, 6) is 0.103. The van der Waals surface area contributed by atoms with E-state index in [0.717, 1.165) is 11.1 Å². The average Bonchev–Trinajstić information content (AvgIpc) is 2.74. The van der Waals surface area contributed by atoms with Gasteiger partial charge in [-0.2, -0.15) is 0 Å². The number of amides is 2. The molecule has 0 aliphatic carbocycles. The van der Waals surface area contributed by atoms with Gasteiger partial charge in [0.2, 0.25) is 11.8 Å². The van der Waals surface area contributed by atoms with Crippen LogP contribution in [-0.4, -0.2) is 30.3 Å². The lowest BCUT2D eigenvalue weighted by atomic mass is 9.87. The van der Waals surface area contributed by atoms with Crippen LogP contribution in [0.4, 0.5) is 5.69 Å². The van der Waals surface area contributed by atoms with Gasteiger partial charge in [-0.05, 0) is 24.3 Å². The van der Waals surface area contributed by atoms with E-state index >= 15 is 0 Å². The van der Waals surface area contributed by atoms with Crippen molar-refractivity contribution in [2.45, 2.75) is 5.92 Å². The maximum Gasteiger partial charge on any atom is 0.244 e. The number of hydrogen-bond donors (Lipinski definition) is 1. The zero-order valence-corrected chi connectivity index (χ0v) is 17.6. The van der Waals surface area contributed by atoms with Gasteiger partial charge in [0.05, 0.1) is 28.2 Å². The summed E-state index contributed by atoms with van der Waals surface area (Å²) in [5, 5.41) is 3.35. The van der Waals surface area contributed by atoms with Crippen LogP contribution in [-0.2, 0) is 9.59 Å². The molecule has 3 aromatic rings. The molecule has 0 bridgehead atoms. The number of fused-ring (bicyclic) bond motifs is 2. The third-order valence-corrected chi connectivity index (χ3v) is 5.54. The first-order chi connectivity index (χ1) is 14.5. The monoisotopic (exact) mass is 440 g/mol. The standard InChI is InChI=1S/C23H18Cl2N2O3/c1-27(13-20(28)26-22-16(24)9-6-10-17(22)25)23(29)21-14-7-2-4-11-18(14)30-19-12-5-3-8-15(19)21/h2-12,21H,13H2,1H3,(H,26,28). The van der Waals surface area contributed by atoms with Crippen LogP contribution in [0.5, 0.6) is 11.5 Å². The molecule has 0 radical (unpaired) electrons. The molecular formula is C23H18Cl2N2O3. The summed E-state index contributed by atoms with van der Waals surface area (Å²) in [6.07, 6.45) is 0. The molecule has 1 N–H and O–H groups in total. The number of nitrogens with zero attached hydrogens (tertiary/aromatic N) is 1. The highest BCUT2D eigenvalue weighted by Crippen LogP contribution is 2.44. The summed E-state index contributed by atoms with van der Waals surface area (Å²) in [5.41, 5.74) is 1.86. The Bertz CT molecular complexity index is 1070. The molecular weight excluding hydrogens is 423 g/mol. The Balaban J connectivity index is 1.57. The lowest BCUT2D eigenvalue weighted by molar-refractivity contribution is -0.134. The maximum absolute atomic E-state index is 13.4. The number of benzene rings is 3. The number of halogens is 2. The summed E-state index contributed by atoms with van der Waals surface area (Å²) in [7, 11) is 1.59. The fourth-order valence-electron chi connectivity index (χ4n) is 3.49. The number of likely N-dealkylation sites (N-methyl/N-ethyl adjacent to an activating group) is 1. The van der Waals surface area contributed by atoms with Gasteiger partial charge in [-0.1, -0.05) is 65.7 Å². The fourth-order valence-corrected chi connectivity index (χ4v) is 3.98. The van der Waals surface area contributed by atoms with E-state index in [-0.39, 0.29) is 12.5 Å². The predicted octanol–water partition coefficient (Wildman–Crippen LogP) is 5.33. The number of anilines is 1. The van der Waals surface area contributed by atoms with Crippen molar-refractivity contribution in [3.63, 3.8) is 0 Å². The molecule has 1 heterocycles. The van der Waals surface area contributed by atoms with E-state index in [4.69, 9.17) is 27.9 Å². The number of carbonyl (C=O) groups is 2. The van der Waals surface area contributed by atoms with E-state index < -0.39 is 11.8 Å². The third kappa shape index (κ3) is 3.86. The molecule has 2 amide bonds. The van der Waals surface area contributed by atoms with Crippen LogP contribution < -0.4 is 10.1 Å². The maximum atomic E-state index is 13.4. The number of para-hydroxylation sites is 3. The summed E-state index contributed by atoms with van der Waals surface area (Å²) in [6, 6.07) is 19.8. The van der Waals surface area contributed by atoms with Gasteiger partial charge in [0, 0.05) is 18.2 Å². The van der Waals surface area contributed by atoms with E-state index in [9.17, 15) is 9.59 Å². The summed E-state index contributed by atoms with van der Waals surface area (Å²) < 4.78 is 5.94. The molecule has 5 nitrogen and oxygen atoms in total. The van der Waals surface area contributed by atoms with Gasteiger partial charge in [-0.25, -0.2) is 0 Å². The molecule has 0 aromatic heterocycles. The van der Waals surface area contributed by atoms with E-state index in [2.05, 4.69) is 5.32 Å². The molecule has 0 saturated carbocycles. The Morgan fingerprint density at radius 3 is 2.00 bits per heavy atom. The Hall–Kier alpha value is -3.02. The SMILES string of the molecule is CN(CC(=O)Nc1c(Cl)cccc1Cl)C(=O)C1c2ccccc2Oc2ccccc21. The second-order valence-electron chi connectivity index (χ2n) is 6.95. The quantitative estimate of drug-likeness (QED) is 0.596. The van der Waals surface area contributed by atoms with E-state index in [1.165, 1.54) is 4.90 Å². The molecule has 0 atom stereocenters. The van der Waals surface area contributed by atoms with E-state index in [1.807, 2.05) is 48.5 Å². The van der Waals surface area contributed by atoms with Crippen LogP contribution in [0.25, 0.3) is 0 Å². The van der Waals surface area contributed by atoms with Crippen molar-refractivity contribution in [3.05, 3.63) is 87.9 Å². The van der Waals surface area contributed by atoms with Crippen molar-refractivity contribution in [2.24, 2.45) is 0 Å². The van der Waals surface area contributed by atoms with Crippen molar-refractivity contribution in [1.82, 2.24) is 4.90 Å². The molecule has 0 saturated heterocycles. The Kier molecular flexibility index (Phi) is 5.66. The number of hydrogen-bond acceptors (Lipinski definition) is 3. The lowest BCUT2D eigenvalue weighted by Crippen LogP contribution is -2.38. The van der Waals surface area contributed by atoms with Gasteiger partial charge in [0.1, 0.15) is 11.5 Å². The first-order valence-electron chi connectivity index (χ1n) is 9.30. The molecule has 7 heteroatoms. The minimum Gasteiger partial charge on any atom is -0.457 e. The van der Waals surface area contributed by atoms with Gasteiger partial charge in [-0.15, -0.1) is 0 Å². The predicted molar refractivity (Wildman–Crippen MR) is 118 cm³/mol. The molecule has 1 aliphatic rings. The third-order valence-electron chi connectivity index (χ3n) is 4.91. The van der Waals surface area contributed by atoms with Crippen molar-refractivity contribution in [3.8, 4) is 11.5 Å². The van der Waals surface area contributed by atoms with Crippen LogP contribution in [0, 0.1) is 0 Å². The molecule has 30 heavy (non-hydrogen) atoms. The van der Waals surface area contributed by atoms with Crippen molar-refractivity contribution >= 4 is 40.7 Å². The van der Waals surface area contributed by atoms with E-state index in [1.54, 1.807) is 25.2 Å². The minimum atomic E-state index is -0.562. The Morgan fingerprint density at radius 2 is 1.43 bits per heavy atom. The zero-order chi connectivity index (χ0) is 21.3. The zero-order valence-electron chi connectivity index (χ0n) is 16.1. The summed E-state index contributed by atoms with van der Waals surface area (Å²) >= 11 is 12.2. The van der Waals surface area contributed by atoms with Gasteiger partial charge < -0.3 is 15.0 Å².